The van der Waals surface area contributed by atoms with Crippen molar-refractivity contribution in [1.82, 2.24) is 4.90 Å². The molecule has 2 amide bonds. The molecule has 114 valence electrons. The van der Waals surface area contributed by atoms with E-state index in [-0.39, 0.29) is 17.6 Å². The lowest BCUT2D eigenvalue weighted by Crippen LogP contribution is -2.41. The largest absolute Gasteiger partial charge is 0.478 e. The van der Waals surface area contributed by atoms with Gasteiger partial charge in [0, 0.05) is 13.1 Å². The molecule has 1 aromatic rings. The first-order valence-corrected chi connectivity index (χ1v) is 7.37. The van der Waals surface area contributed by atoms with Gasteiger partial charge in [0.25, 0.3) is 0 Å². The number of carboxylic acid groups (broad SMARTS) is 1. The number of carboxylic acids is 1. The summed E-state index contributed by atoms with van der Waals surface area (Å²) in [5, 5.41) is 12.0. The highest BCUT2D eigenvalue weighted by Gasteiger charge is 2.23. The van der Waals surface area contributed by atoms with Gasteiger partial charge in [-0.1, -0.05) is 31.4 Å². The topological polar surface area (TPSA) is 69.6 Å². The van der Waals surface area contributed by atoms with Gasteiger partial charge >= 0.3 is 12.0 Å². The van der Waals surface area contributed by atoms with Gasteiger partial charge in [-0.2, -0.15) is 0 Å². The van der Waals surface area contributed by atoms with E-state index in [1.165, 1.54) is 6.42 Å². The zero-order valence-corrected chi connectivity index (χ0v) is 12.6. The number of amides is 2. The van der Waals surface area contributed by atoms with Crippen LogP contribution in [0, 0.1) is 6.92 Å². The van der Waals surface area contributed by atoms with E-state index in [1.807, 2.05) is 0 Å². The smallest absolute Gasteiger partial charge is 0.338 e. The quantitative estimate of drug-likeness (QED) is 0.895. The maximum absolute atomic E-state index is 12.3. The minimum absolute atomic E-state index is 0.155. The number of aromatic carboxylic acids is 1. The monoisotopic (exact) mass is 290 g/mol. The van der Waals surface area contributed by atoms with E-state index in [0.717, 1.165) is 25.7 Å². The SMILES string of the molecule is Cc1cccc(NC(=O)N(C)C2CCCCC2)c1C(=O)O. The summed E-state index contributed by atoms with van der Waals surface area (Å²) in [5.41, 5.74) is 1.15. The fraction of sp³-hybridized carbons (Fsp3) is 0.500. The molecule has 0 atom stereocenters. The Morgan fingerprint density at radius 2 is 1.90 bits per heavy atom. The minimum Gasteiger partial charge on any atom is -0.478 e. The van der Waals surface area contributed by atoms with Crippen LogP contribution in [0.5, 0.6) is 0 Å². The summed E-state index contributed by atoms with van der Waals surface area (Å²) in [4.78, 5) is 25.4. The van der Waals surface area contributed by atoms with E-state index in [0.29, 0.717) is 11.3 Å². The highest BCUT2D eigenvalue weighted by Crippen LogP contribution is 2.24. The van der Waals surface area contributed by atoms with Crippen molar-refractivity contribution in [2.24, 2.45) is 0 Å². The fourth-order valence-corrected chi connectivity index (χ4v) is 2.89. The Balaban J connectivity index is 2.12. The van der Waals surface area contributed by atoms with Crippen LogP contribution in [0.15, 0.2) is 18.2 Å². The molecule has 2 rings (SSSR count). The number of hydrogen-bond donors (Lipinski definition) is 2. The molecule has 2 N–H and O–H groups in total. The van der Waals surface area contributed by atoms with Gasteiger partial charge in [-0.3, -0.25) is 0 Å². The van der Waals surface area contributed by atoms with Crippen LogP contribution < -0.4 is 5.32 Å². The van der Waals surface area contributed by atoms with Crippen molar-refractivity contribution in [3.8, 4) is 0 Å². The van der Waals surface area contributed by atoms with Crippen LogP contribution in [0.25, 0.3) is 0 Å². The number of carbonyl (C=O) groups is 2. The molecule has 1 aliphatic rings. The van der Waals surface area contributed by atoms with Crippen LogP contribution in [0.3, 0.4) is 0 Å². The first-order valence-electron chi connectivity index (χ1n) is 7.37. The zero-order valence-electron chi connectivity index (χ0n) is 12.6. The number of benzene rings is 1. The molecule has 0 aliphatic heterocycles. The van der Waals surface area contributed by atoms with E-state index in [2.05, 4.69) is 5.32 Å². The van der Waals surface area contributed by atoms with Gasteiger partial charge in [0.1, 0.15) is 0 Å². The van der Waals surface area contributed by atoms with Gasteiger partial charge in [0.2, 0.25) is 0 Å². The van der Waals surface area contributed by atoms with Crippen LogP contribution in [0.1, 0.15) is 48.0 Å². The van der Waals surface area contributed by atoms with Gasteiger partial charge in [-0.05, 0) is 31.4 Å². The highest BCUT2D eigenvalue weighted by atomic mass is 16.4. The normalized spacial score (nSPS) is 15.5. The molecule has 0 aromatic heterocycles. The number of carbonyl (C=O) groups excluding carboxylic acids is 1. The second kappa shape index (κ2) is 6.61. The lowest BCUT2D eigenvalue weighted by atomic mass is 9.95. The predicted molar refractivity (Wildman–Crippen MR) is 81.8 cm³/mol. The molecule has 5 nitrogen and oxygen atoms in total. The number of nitrogens with one attached hydrogen (secondary N) is 1. The van der Waals surface area contributed by atoms with Crippen LogP contribution in [0.2, 0.25) is 0 Å². The van der Waals surface area contributed by atoms with E-state index >= 15 is 0 Å². The number of nitrogens with zero attached hydrogens (tertiary/aromatic N) is 1. The molecule has 0 spiro atoms. The van der Waals surface area contributed by atoms with E-state index < -0.39 is 5.97 Å². The molecular formula is C16H22N2O3. The third-order valence-electron chi connectivity index (χ3n) is 4.17. The minimum atomic E-state index is -1.02. The van der Waals surface area contributed by atoms with E-state index in [4.69, 9.17) is 0 Å². The number of urea groups is 1. The molecule has 0 heterocycles. The van der Waals surface area contributed by atoms with Crippen LogP contribution >= 0.6 is 0 Å². The molecule has 1 fully saturated rings. The van der Waals surface area contributed by atoms with Gasteiger partial charge in [0.05, 0.1) is 11.3 Å². The summed E-state index contributed by atoms with van der Waals surface area (Å²) in [6.07, 6.45) is 5.56. The standard InChI is InChI=1S/C16H22N2O3/c1-11-7-6-10-13(14(11)15(19)20)17-16(21)18(2)12-8-4-3-5-9-12/h6-7,10,12H,3-5,8-9H2,1-2H3,(H,17,21)(H,19,20). The van der Waals surface area contributed by atoms with E-state index in [9.17, 15) is 14.7 Å². The maximum Gasteiger partial charge on any atom is 0.338 e. The van der Waals surface area contributed by atoms with Crippen molar-refractivity contribution in [1.29, 1.82) is 0 Å². The Morgan fingerprint density at radius 3 is 2.52 bits per heavy atom. The lowest BCUT2D eigenvalue weighted by molar-refractivity contribution is 0.0697. The van der Waals surface area contributed by atoms with Crippen molar-refractivity contribution >= 4 is 17.7 Å². The number of hydrogen-bond acceptors (Lipinski definition) is 2. The Morgan fingerprint density at radius 1 is 1.24 bits per heavy atom. The van der Waals surface area contributed by atoms with Crippen molar-refractivity contribution in [3.63, 3.8) is 0 Å². The molecular weight excluding hydrogens is 268 g/mol. The summed E-state index contributed by atoms with van der Waals surface area (Å²) in [5.74, 6) is -1.02. The number of aryl methyl sites for hydroxylation is 1. The predicted octanol–water partition coefficient (Wildman–Crippen LogP) is 3.49. The third-order valence-corrected chi connectivity index (χ3v) is 4.17. The molecule has 1 aromatic carbocycles. The van der Waals surface area contributed by atoms with E-state index in [1.54, 1.807) is 37.1 Å². The van der Waals surface area contributed by atoms with Crippen LogP contribution in [-0.2, 0) is 0 Å². The van der Waals surface area contributed by atoms with Crippen LogP contribution in [-0.4, -0.2) is 35.1 Å². The maximum atomic E-state index is 12.3. The number of anilines is 1. The lowest BCUT2D eigenvalue weighted by Gasteiger charge is -2.31. The molecule has 1 aliphatic carbocycles. The van der Waals surface area contributed by atoms with Gasteiger partial charge in [0.15, 0.2) is 0 Å². The van der Waals surface area contributed by atoms with Crippen molar-refractivity contribution in [2.45, 2.75) is 45.1 Å². The third kappa shape index (κ3) is 3.54. The first-order chi connectivity index (χ1) is 10.0. The first kappa shape index (κ1) is 15.4. The summed E-state index contributed by atoms with van der Waals surface area (Å²) in [6, 6.07) is 5.11. The Kier molecular flexibility index (Phi) is 4.83. The molecule has 5 heteroatoms. The summed E-state index contributed by atoms with van der Waals surface area (Å²) in [6.45, 7) is 1.73. The summed E-state index contributed by atoms with van der Waals surface area (Å²) < 4.78 is 0. The molecule has 0 radical (unpaired) electrons. The fourth-order valence-electron chi connectivity index (χ4n) is 2.89. The Hall–Kier alpha value is -2.04. The molecule has 1 saturated carbocycles. The number of rotatable bonds is 3. The zero-order chi connectivity index (χ0) is 15.4. The highest BCUT2D eigenvalue weighted by molar-refractivity contribution is 6.01. The molecule has 21 heavy (non-hydrogen) atoms. The second-order valence-electron chi connectivity index (χ2n) is 5.64. The van der Waals surface area contributed by atoms with Gasteiger partial charge < -0.3 is 15.3 Å². The second-order valence-corrected chi connectivity index (χ2v) is 5.64. The molecule has 0 bridgehead atoms. The van der Waals surface area contributed by atoms with Crippen molar-refractivity contribution < 1.29 is 14.7 Å². The summed E-state index contributed by atoms with van der Waals surface area (Å²) in [7, 11) is 1.78. The molecule has 0 unspecified atom stereocenters. The molecule has 0 saturated heterocycles. The van der Waals surface area contributed by atoms with Crippen molar-refractivity contribution in [3.05, 3.63) is 29.3 Å². The Labute approximate surface area is 125 Å². The van der Waals surface area contributed by atoms with Crippen molar-refractivity contribution in [2.75, 3.05) is 12.4 Å². The van der Waals surface area contributed by atoms with Gasteiger partial charge in [-0.15, -0.1) is 0 Å². The summed E-state index contributed by atoms with van der Waals surface area (Å²) >= 11 is 0. The van der Waals surface area contributed by atoms with Gasteiger partial charge in [-0.25, -0.2) is 9.59 Å². The van der Waals surface area contributed by atoms with Crippen LogP contribution in [0.4, 0.5) is 10.5 Å². The average molecular weight is 290 g/mol. The Bertz CT molecular complexity index is 536. The average Bonchev–Trinajstić information content (AvgIpc) is 2.47.